The first-order chi connectivity index (χ1) is 18.4. The summed E-state index contributed by atoms with van der Waals surface area (Å²) in [6.45, 7) is 5.48. The molecule has 0 atom stereocenters. The zero-order chi connectivity index (χ0) is 26.7. The highest BCUT2D eigenvalue weighted by molar-refractivity contribution is 5.81. The molecule has 1 N–H and O–H groups in total. The number of likely N-dealkylation sites (N-methyl/N-ethyl adjacent to an activating group) is 1. The van der Waals surface area contributed by atoms with Crippen LogP contribution < -0.4 is 5.56 Å². The number of aliphatic hydroxyl groups is 1. The third kappa shape index (κ3) is 5.70. The zero-order valence-corrected chi connectivity index (χ0v) is 23.4. The van der Waals surface area contributed by atoms with Crippen molar-refractivity contribution in [3.63, 3.8) is 0 Å². The Morgan fingerprint density at radius 3 is 2.37 bits per heavy atom. The van der Waals surface area contributed by atoms with Crippen LogP contribution in [0, 0.1) is 11.8 Å². The van der Waals surface area contributed by atoms with Crippen LogP contribution in [0.3, 0.4) is 0 Å². The third-order valence-electron chi connectivity index (χ3n) is 9.78. The number of pyridine rings is 1. The van der Waals surface area contributed by atoms with Gasteiger partial charge in [-0.05, 0) is 69.0 Å². The topological polar surface area (TPSA) is 69.0 Å². The fourth-order valence-corrected chi connectivity index (χ4v) is 7.29. The summed E-state index contributed by atoms with van der Waals surface area (Å²) in [5.41, 5.74) is 1.60. The first kappa shape index (κ1) is 27.4. The number of fused-ring (bicyclic) bond motifs is 1. The normalized spacial score (nSPS) is 24.9. The number of aryl methyl sites for hydroxylation is 1. The first-order valence-electron chi connectivity index (χ1n) is 14.8. The number of aliphatic hydroxyl groups excluding tert-OH is 1. The lowest BCUT2D eigenvalue weighted by Crippen LogP contribution is -2.62. The van der Waals surface area contributed by atoms with Gasteiger partial charge in [-0.15, -0.1) is 0 Å². The molecule has 1 amide bonds. The van der Waals surface area contributed by atoms with E-state index < -0.39 is 0 Å². The van der Waals surface area contributed by atoms with Gasteiger partial charge < -0.3 is 19.5 Å². The van der Waals surface area contributed by atoms with E-state index in [4.69, 9.17) is 0 Å². The number of hydrogen-bond acceptors (Lipinski definition) is 5. The molecule has 2 aliphatic carbocycles. The van der Waals surface area contributed by atoms with Crippen molar-refractivity contribution in [2.24, 2.45) is 18.9 Å². The van der Waals surface area contributed by atoms with E-state index in [9.17, 15) is 14.7 Å². The van der Waals surface area contributed by atoms with Crippen LogP contribution in [0.25, 0.3) is 10.9 Å². The Labute approximate surface area is 227 Å². The Morgan fingerprint density at radius 2 is 1.68 bits per heavy atom. The van der Waals surface area contributed by atoms with E-state index in [1.165, 1.54) is 19.3 Å². The molecule has 7 heteroatoms. The number of rotatable bonds is 7. The predicted molar refractivity (Wildman–Crippen MR) is 152 cm³/mol. The number of nitrogens with zero attached hydrogens (tertiary/aromatic N) is 4. The molecular formula is C31H46N4O3. The second-order valence-electron chi connectivity index (χ2n) is 12.3. The van der Waals surface area contributed by atoms with Crippen molar-refractivity contribution in [1.82, 2.24) is 19.3 Å². The van der Waals surface area contributed by atoms with Gasteiger partial charge in [-0.1, -0.05) is 37.5 Å². The molecule has 1 aromatic heterocycles. The molecule has 2 heterocycles. The van der Waals surface area contributed by atoms with Crippen LogP contribution in [0.5, 0.6) is 0 Å². The summed E-state index contributed by atoms with van der Waals surface area (Å²) >= 11 is 0. The molecule has 1 aliphatic heterocycles. The van der Waals surface area contributed by atoms with Crippen molar-refractivity contribution in [2.45, 2.75) is 69.9 Å². The van der Waals surface area contributed by atoms with Gasteiger partial charge in [0.1, 0.15) is 0 Å². The summed E-state index contributed by atoms with van der Waals surface area (Å²) in [5.74, 6) is 0.501. The maximum Gasteiger partial charge on any atom is 0.255 e. The fraction of sp³-hybridized carbons (Fsp3) is 0.677. The number of carbonyl (C=O) groups is 1. The van der Waals surface area contributed by atoms with Gasteiger partial charge in [-0.25, -0.2) is 0 Å². The summed E-state index contributed by atoms with van der Waals surface area (Å²) in [7, 11) is 4.03. The van der Waals surface area contributed by atoms with Crippen LogP contribution in [-0.2, 0) is 18.4 Å². The number of aromatic nitrogens is 1. The van der Waals surface area contributed by atoms with E-state index in [0.717, 1.165) is 75.6 Å². The highest BCUT2D eigenvalue weighted by atomic mass is 16.3. The minimum atomic E-state index is -0.0183. The number of para-hydroxylation sites is 1. The van der Waals surface area contributed by atoms with Crippen LogP contribution in [0.4, 0.5) is 0 Å². The average molecular weight is 523 g/mol. The lowest BCUT2D eigenvalue weighted by Gasteiger charge is -2.51. The maximum atomic E-state index is 14.2. The third-order valence-corrected chi connectivity index (χ3v) is 9.78. The van der Waals surface area contributed by atoms with Gasteiger partial charge >= 0.3 is 0 Å². The van der Waals surface area contributed by atoms with Crippen molar-refractivity contribution in [1.29, 1.82) is 0 Å². The summed E-state index contributed by atoms with van der Waals surface area (Å²) in [4.78, 5) is 34.9. The summed E-state index contributed by atoms with van der Waals surface area (Å²) in [6, 6.07) is 10.00. The molecule has 2 saturated carbocycles. The molecular weight excluding hydrogens is 476 g/mol. The molecule has 3 aliphatic rings. The molecule has 7 nitrogen and oxygen atoms in total. The van der Waals surface area contributed by atoms with Crippen molar-refractivity contribution in [2.75, 3.05) is 46.4 Å². The van der Waals surface area contributed by atoms with Gasteiger partial charge in [0.15, 0.2) is 0 Å². The van der Waals surface area contributed by atoms with Crippen LogP contribution >= 0.6 is 0 Å². The lowest BCUT2D eigenvalue weighted by molar-refractivity contribution is -0.141. The quantitative estimate of drug-likeness (QED) is 0.602. The average Bonchev–Trinajstić information content (AvgIpc) is 2.96. The van der Waals surface area contributed by atoms with Crippen LogP contribution in [0.15, 0.2) is 35.1 Å². The second kappa shape index (κ2) is 11.9. The van der Waals surface area contributed by atoms with E-state index in [-0.39, 0.29) is 29.5 Å². The van der Waals surface area contributed by atoms with Crippen LogP contribution in [0.1, 0.15) is 63.4 Å². The SMILES string of the molecule is CN1CCN(C2(CN(Cc3cc4ccccc4n(C)c3=O)C(=O)[C@H]3CC[C@H](CO)CC3)CCCCC2)CC1. The Hall–Kier alpha value is -2.22. The minimum Gasteiger partial charge on any atom is -0.396 e. The highest BCUT2D eigenvalue weighted by Crippen LogP contribution is 2.37. The van der Waals surface area contributed by atoms with Gasteiger partial charge in [0, 0.05) is 63.4 Å². The molecule has 2 aromatic rings. The molecule has 5 rings (SSSR count). The van der Waals surface area contributed by atoms with Gasteiger partial charge in [-0.3, -0.25) is 14.5 Å². The number of piperazine rings is 1. The predicted octanol–water partition coefficient (Wildman–Crippen LogP) is 3.62. The molecule has 0 spiro atoms. The smallest absolute Gasteiger partial charge is 0.255 e. The number of hydrogen-bond donors (Lipinski definition) is 1. The Morgan fingerprint density at radius 1 is 1.00 bits per heavy atom. The van der Waals surface area contributed by atoms with Crippen molar-refractivity contribution in [3.8, 4) is 0 Å². The summed E-state index contributed by atoms with van der Waals surface area (Å²) in [5, 5.41) is 10.7. The minimum absolute atomic E-state index is 0.0113. The van der Waals surface area contributed by atoms with Crippen molar-refractivity contribution >= 4 is 16.8 Å². The number of benzene rings is 1. The lowest BCUT2D eigenvalue weighted by atomic mass is 9.78. The Balaban J connectivity index is 1.47. The first-order valence-corrected chi connectivity index (χ1v) is 14.8. The van der Waals surface area contributed by atoms with E-state index >= 15 is 0 Å². The number of amides is 1. The van der Waals surface area contributed by atoms with E-state index in [1.807, 2.05) is 37.4 Å². The summed E-state index contributed by atoms with van der Waals surface area (Å²) in [6.07, 6.45) is 9.38. The van der Waals surface area contributed by atoms with Gasteiger partial charge in [-0.2, -0.15) is 0 Å². The van der Waals surface area contributed by atoms with Crippen molar-refractivity contribution < 1.29 is 9.90 Å². The van der Waals surface area contributed by atoms with E-state index in [1.54, 1.807) is 4.57 Å². The van der Waals surface area contributed by atoms with Gasteiger partial charge in [0.25, 0.3) is 5.56 Å². The molecule has 208 valence electrons. The molecule has 0 radical (unpaired) electrons. The van der Waals surface area contributed by atoms with Gasteiger partial charge in [0.05, 0.1) is 12.1 Å². The molecule has 1 saturated heterocycles. The molecule has 38 heavy (non-hydrogen) atoms. The summed E-state index contributed by atoms with van der Waals surface area (Å²) < 4.78 is 1.73. The second-order valence-corrected chi connectivity index (χ2v) is 12.3. The molecule has 1 aromatic carbocycles. The monoisotopic (exact) mass is 522 g/mol. The van der Waals surface area contributed by atoms with Crippen LogP contribution in [0.2, 0.25) is 0 Å². The fourth-order valence-electron chi connectivity index (χ4n) is 7.29. The largest absolute Gasteiger partial charge is 0.396 e. The van der Waals surface area contributed by atoms with Gasteiger partial charge in [0.2, 0.25) is 5.91 Å². The van der Waals surface area contributed by atoms with E-state index in [2.05, 4.69) is 21.7 Å². The maximum absolute atomic E-state index is 14.2. The zero-order valence-electron chi connectivity index (χ0n) is 23.4. The number of carbonyl (C=O) groups excluding carboxylic acids is 1. The van der Waals surface area contributed by atoms with E-state index in [0.29, 0.717) is 24.6 Å². The Kier molecular flexibility index (Phi) is 8.56. The van der Waals surface area contributed by atoms with Crippen LogP contribution in [-0.4, -0.2) is 82.2 Å². The standard InChI is InChI=1S/C31H46N4O3/c1-32-16-18-35(19-17-32)31(14-6-3-7-15-31)23-34(30(38)25-12-10-24(22-36)11-13-25)21-27-20-26-8-4-5-9-28(26)33(2)29(27)37/h4-5,8-9,20,24-25,36H,3,6-7,10-19,21-23H2,1-2H3/t24-,25-. The molecule has 3 fully saturated rings. The highest BCUT2D eigenvalue weighted by Gasteiger charge is 2.42. The Bertz CT molecular complexity index is 1160. The molecule has 0 bridgehead atoms. The van der Waals surface area contributed by atoms with Crippen molar-refractivity contribution in [3.05, 3.63) is 46.2 Å². The molecule has 0 unspecified atom stereocenters.